The van der Waals surface area contributed by atoms with Crippen molar-refractivity contribution in [3.8, 4) is 5.75 Å². The number of carbonyl (C=O) groups is 1. The molecule has 0 aliphatic carbocycles. The van der Waals surface area contributed by atoms with E-state index in [1.54, 1.807) is 18.1 Å². The Balaban J connectivity index is 1.99. The number of aliphatic hydroxyl groups excluding tert-OH is 1. The molecule has 0 bridgehead atoms. The molecule has 0 saturated carbocycles. The molecule has 1 N–H and O–H groups in total. The minimum Gasteiger partial charge on any atom is -0.497 e. The van der Waals surface area contributed by atoms with Crippen molar-refractivity contribution < 1.29 is 14.6 Å². The van der Waals surface area contributed by atoms with Crippen LogP contribution in [0.15, 0.2) is 30.3 Å². The van der Waals surface area contributed by atoms with Gasteiger partial charge in [0.15, 0.2) is 0 Å². The average molecular weight is 247 g/mol. The lowest BCUT2D eigenvalue weighted by molar-refractivity contribution is -0.125. The lowest BCUT2D eigenvalue weighted by Gasteiger charge is -2.12. The first-order chi connectivity index (χ1) is 8.69. The molecule has 0 radical (unpaired) electrons. The summed E-state index contributed by atoms with van der Waals surface area (Å²) in [7, 11) is 1.61. The van der Waals surface area contributed by atoms with Crippen LogP contribution >= 0.6 is 0 Å². The zero-order chi connectivity index (χ0) is 13.0. The molecule has 1 saturated heterocycles. The van der Waals surface area contributed by atoms with Gasteiger partial charge in [-0.05, 0) is 30.2 Å². The third-order valence-corrected chi connectivity index (χ3v) is 2.99. The molecule has 1 fully saturated rings. The van der Waals surface area contributed by atoms with E-state index in [-0.39, 0.29) is 12.0 Å². The molecular formula is C14H17NO3. The van der Waals surface area contributed by atoms with Crippen LogP contribution in [-0.2, 0) is 4.79 Å². The number of β-amino-alcohol motifs (C(OH)–C–C–N with tert-alkyl or cyclic N) is 1. The quantitative estimate of drug-likeness (QED) is 0.819. The SMILES string of the molecule is COc1cccc(C=CC(=O)N2CCC(O)C2)c1. The second-order valence-corrected chi connectivity index (χ2v) is 4.34. The van der Waals surface area contributed by atoms with Gasteiger partial charge >= 0.3 is 0 Å². The van der Waals surface area contributed by atoms with Gasteiger partial charge in [-0.1, -0.05) is 12.1 Å². The fourth-order valence-electron chi connectivity index (χ4n) is 1.96. The highest BCUT2D eigenvalue weighted by molar-refractivity contribution is 5.92. The first kappa shape index (κ1) is 12.6. The number of methoxy groups -OCH3 is 1. The number of nitrogens with zero attached hydrogens (tertiary/aromatic N) is 1. The van der Waals surface area contributed by atoms with Gasteiger partial charge in [0.2, 0.25) is 5.91 Å². The highest BCUT2D eigenvalue weighted by Crippen LogP contribution is 2.14. The Labute approximate surface area is 106 Å². The lowest BCUT2D eigenvalue weighted by atomic mass is 10.2. The Hall–Kier alpha value is -1.81. The molecule has 1 atom stereocenters. The van der Waals surface area contributed by atoms with Gasteiger partial charge in [-0.3, -0.25) is 4.79 Å². The summed E-state index contributed by atoms with van der Waals surface area (Å²) in [5.74, 6) is 0.704. The van der Waals surface area contributed by atoms with E-state index in [0.29, 0.717) is 19.5 Å². The molecule has 1 aliphatic rings. The molecule has 1 unspecified atom stereocenters. The number of benzene rings is 1. The summed E-state index contributed by atoms with van der Waals surface area (Å²) < 4.78 is 5.11. The van der Waals surface area contributed by atoms with Crippen molar-refractivity contribution in [1.82, 2.24) is 4.90 Å². The van der Waals surface area contributed by atoms with Crippen LogP contribution in [-0.4, -0.2) is 42.2 Å². The largest absolute Gasteiger partial charge is 0.497 e. The van der Waals surface area contributed by atoms with Crippen LogP contribution in [0.4, 0.5) is 0 Å². The fraction of sp³-hybridized carbons (Fsp3) is 0.357. The summed E-state index contributed by atoms with van der Waals surface area (Å²) >= 11 is 0. The molecule has 0 spiro atoms. The van der Waals surface area contributed by atoms with Crippen LogP contribution in [0.2, 0.25) is 0 Å². The number of likely N-dealkylation sites (tertiary alicyclic amines) is 1. The van der Waals surface area contributed by atoms with Gasteiger partial charge in [-0.25, -0.2) is 0 Å². The Bertz CT molecular complexity index is 456. The molecule has 1 heterocycles. The third kappa shape index (κ3) is 3.11. The summed E-state index contributed by atoms with van der Waals surface area (Å²) in [4.78, 5) is 13.5. The van der Waals surface area contributed by atoms with E-state index in [1.165, 1.54) is 6.08 Å². The van der Waals surface area contributed by atoms with Gasteiger partial charge in [-0.2, -0.15) is 0 Å². The second kappa shape index (κ2) is 5.69. The van der Waals surface area contributed by atoms with Gasteiger partial charge in [0.25, 0.3) is 0 Å². The maximum atomic E-state index is 11.8. The van der Waals surface area contributed by atoms with Crippen LogP contribution < -0.4 is 4.74 Å². The van der Waals surface area contributed by atoms with Crippen LogP contribution in [0.5, 0.6) is 5.75 Å². The predicted octanol–water partition coefficient (Wildman–Crippen LogP) is 1.30. The molecule has 0 aromatic heterocycles. The van der Waals surface area contributed by atoms with Crippen molar-refractivity contribution in [3.63, 3.8) is 0 Å². The number of hydrogen-bond donors (Lipinski definition) is 1. The fourth-order valence-corrected chi connectivity index (χ4v) is 1.96. The average Bonchev–Trinajstić information content (AvgIpc) is 2.83. The number of aliphatic hydroxyl groups is 1. The first-order valence-electron chi connectivity index (χ1n) is 5.98. The second-order valence-electron chi connectivity index (χ2n) is 4.34. The normalized spacial score (nSPS) is 19.4. The topological polar surface area (TPSA) is 49.8 Å². The van der Waals surface area contributed by atoms with Crippen molar-refractivity contribution in [2.24, 2.45) is 0 Å². The molecule has 18 heavy (non-hydrogen) atoms. The number of carbonyl (C=O) groups excluding carboxylic acids is 1. The zero-order valence-electron chi connectivity index (χ0n) is 10.4. The molecule has 1 aliphatic heterocycles. The van der Waals surface area contributed by atoms with Crippen LogP contribution in [0, 0.1) is 0 Å². The van der Waals surface area contributed by atoms with Gasteiger partial charge in [0.05, 0.1) is 13.2 Å². The molecule has 1 amide bonds. The number of amides is 1. The highest BCUT2D eigenvalue weighted by Gasteiger charge is 2.22. The Morgan fingerprint density at radius 2 is 2.39 bits per heavy atom. The smallest absolute Gasteiger partial charge is 0.246 e. The van der Waals surface area contributed by atoms with Crippen LogP contribution in [0.3, 0.4) is 0 Å². The lowest BCUT2D eigenvalue weighted by Crippen LogP contribution is -2.27. The van der Waals surface area contributed by atoms with Crippen molar-refractivity contribution in [2.45, 2.75) is 12.5 Å². The number of hydrogen-bond acceptors (Lipinski definition) is 3. The van der Waals surface area contributed by atoms with E-state index in [9.17, 15) is 9.90 Å². The van der Waals surface area contributed by atoms with Crippen molar-refractivity contribution in [2.75, 3.05) is 20.2 Å². The van der Waals surface area contributed by atoms with E-state index in [1.807, 2.05) is 24.3 Å². The van der Waals surface area contributed by atoms with E-state index >= 15 is 0 Å². The minimum absolute atomic E-state index is 0.0608. The van der Waals surface area contributed by atoms with Gasteiger partial charge in [0, 0.05) is 19.2 Å². The Morgan fingerprint density at radius 3 is 3.06 bits per heavy atom. The molecule has 1 aromatic rings. The Morgan fingerprint density at radius 1 is 1.56 bits per heavy atom. The predicted molar refractivity (Wildman–Crippen MR) is 69.2 cm³/mol. The van der Waals surface area contributed by atoms with E-state index < -0.39 is 0 Å². The first-order valence-corrected chi connectivity index (χ1v) is 5.98. The van der Waals surface area contributed by atoms with Crippen molar-refractivity contribution >= 4 is 12.0 Å². The highest BCUT2D eigenvalue weighted by atomic mass is 16.5. The minimum atomic E-state index is -0.376. The van der Waals surface area contributed by atoms with E-state index in [4.69, 9.17) is 4.74 Å². The summed E-state index contributed by atoms with van der Waals surface area (Å²) in [5.41, 5.74) is 0.919. The van der Waals surface area contributed by atoms with Gasteiger partial charge in [-0.15, -0.1) is 0 Å². The molecule has 4 heteroatoms. The third-order valence-electron chi connectivity index (χ3n) is 2.99. The van der Waals surface area contributed by atoms with Gasteiger partial charge in [0.1, 0.15) is 5.75 Å². The summed E-state index contributed by atoms with van der Waals surface area (Å²) in [6.07, 6.45) is 3.58. The van der Waals surface area contributed by atoms with E-state index in [0.717, 1.165) is 11.3 Å². The molecule has 1 aromatic carbocycles. The summed E-state index contributed by atoms with van der Waals surface area (Å²) in [6, 6.07) is 7.51. The van der Waals surface area contributed by atoms with Crippen molar-refractivity contribution in [1.29, 1.82) is 0 Å². The maximum absolute atomic E-state index is 11.8. The molecule has 96 valence electrons. The molecule has 4 nitrogen and oxygen atoms in total. The van der Waals surface area contributed by atoms with Crippen LogP contribution in [0.1, 0.15) is 12.0 Å². The Kier molecular flexibility index (Phi) is 3.99. The van der Waals surface area contributed by atoms with Gasteiger partial charge < -0.3 is 14.7 Å². The standard InChI is InChI=1S/C14H17NO3/c1-18-13-4-2-3-11(9-13)5-6-14(17)15-8-7-12(16)10-15/h2-6,9,12,16H,7-8,10H2,1H3. The zero-order valence-corrected chi connectivity index (χ0v) is 10.4. The van der Waals surface area contributed by atoms with Crippen LogP contribution in [0.25, 0.3) is 6.08 Å². The number of ether oxygens (including phenoxy) is 1. The summed E-state index contributed by atoms with van der Waals surface area (Å²) in [5, 5.41) is 9.37. The monoisotopic (exact) mass is 247 g/mol. The molecule has 2 rings (SSSR count). The summed E-state index contributed by atoms with van der Waals surface area (Å²) in [6.45, 7) is 1.06. The molecular weight excluding hydrogens is 230 g/mol. The van der Waals surface area contributed by atoms with Crippen molar-refractivity contribution in [3.05, 3.63) is 35.9 Å². The maximum Gasteiger partial charge on any atom is 0.246 e. The number of rotatable bonds is 3. The van der Waals surface area contributed by atoms with E-state index in [2.05, 4.69) is 0 Å².